The Morgan fingerprint density at radius 2 is 1.78 bits per heavy atom. The SMILES string of the molecule is CC(C)CC(NS(C)(=O)=O)C(=O)NOC(C)(C)C. The van der Waals surface area contributed by atoms with Gasteiger partial charge >= 0.3 is 0 Å². The molecule has 2 N–H and O–H groups in total. The third-order valence-electron chi connectivity index (χ3n) is 1.84. The standard InChI is InChI=1S/C11H24N2O4S/c1-8(2)7-9(13-18(6,15)16)10(14)12-17-11(3,4)5/h8-9,13H,7H2,1-6H3,(H,12,14). The lowest BCUT2D eigenvalue weighted by atomic mass is 10.0. The van der Waals surface area contributed by atoms with Crippen LogP contribution in [0.3, 0.4) is 0 Å². The molecule has 0 radical (unpaired) electrons. The molecule has 0 saturated heterocycles. The number of hydrogen-bond donors (Lipinski definition) is 2. The molecule has 0 aromatic heterocycles. The fraction of sp³-hybridized carbons (Fsp3) is 0.909. The van der Waals surface area contributed by atoms with Crippen molar-refractivity contribution in [3.05, 3.63) is 0 Å². The molecule has 0 saturated carbocycles. The minimum Gasteiger partial charge on any atom is -0.271 e. The highest BCUT2D eigenvalue weighted by Crippen LogP contribution is 2.08. The molecule has 0 heterocycles. The summed E-state index contributed by atoms with van der Waals surface area (Å²) in [6.07, 6.45) is 1.44. The number of sulfonamides is 1. The van der Waals surface area contributed by atoms with Crippen molar-refractivity contribution >= 4 is 15.9 Å². The van der Waals surface area contributed by atoms with E-state index in [1.54, 1.807) is 20.8 Å². The van der Waals surface area contributed by atoms with E-state index in [4.69, 9.17) is 4.84 Å². The van der Waals surface area contributed by atoms with Crippen molar-refractivity contribution in [2.24, 2.45) is 5.92 Å². The largest absolute Gasteiger partial charge is 0.271 e. The average Bonchev–Trinajstić information content (AvgIpc) is 2.08. The fourth-order valence-corrected chi connectivity index (χ4v) is 1.93. The fourth-order valence-electron chi connectivity index (χ4n) is 1.21. The summed E-state index contributed by atoms with van der Waals surface area (Å²) in [5.74, 6) is -0.298. The molecule has 0 aromatic rings. The molecule has 0 aromatic carbocycles. The van der Waals surface area contributed by atoms with Crippen molar-refractivity contribution in [2.45, 2.75) is 52.7 Å². The van der Waals surface area contributed by atoms with Gasteiger partial charge in [-0.05, 0) is 33.1 Å². The molecule has 0 aliphatic heterocycles. The Kier molecular flexibility index (Phi) is 6.25. The lowest BCUT2D eigenvalue weighted by Gasteiger charge is -2.23. The molecule has 0 bridgehead atoms. The number of rotatable bonds is 6. The maximum Gasteiger partial charge on any atom is 0.261 e. The van der Waals surface area contributed by atoms with Crippen molar-refractivity contribution in [3.63, 3.8) is 0 Å². The van der Waals surface area contributed by atoms with Gasteiger partial charge in [0.25, 0.3) is 5.91 Å². The molecule has 0 aliphatic rings. The maximum atomic E-state index is 11.8. The second kappa shape index (κ2) is 6.49. The van der Waals surface area contributed by atoms with Gasteiger partial charge in [0.05, 0.1) is 11.9 Å². The predicted molar refractivity (Wildman–Crippen MR) is 70.2 cm³/mol. The van der Waals surface area contributed by atoms with E-state index in [-0.39, 0.29) is 5.92 Å². The van der Waals surface area contributed by atoms with Gasteiger partial charge in [-0.25, -0.2) is 18.6 Å². The normalized spacial score (nSPS) is 14.6. The van der Waals surface area contributed by atoms with Crippen molar-refractivity contribution < 1.29 is 18.0 Å². The summed E-state index contributed by atoms with van der Waals surface area (Å²) in [6.45, 7) is 9.18. The van der Waals surface area contributed by atoms with Crippen molar-refractivity contribution in [1.82, 2.24) is 10.2 Å². The Hall–Kier alpha value is -0.660. The first kappa shape index (κ1) is 17.3. The third-order valence-corrected chi connectivity index (χ3v) is 2.55. The zero-order chi connectivity index (χ0) is 14.6. The summed E-state index contributed by atoms with van der Waals surface area (Å²) in [5.41, 5.74) is 1.76. The summed E-state index contributed by atoms with van der Waals surface area (Å²) in [4.78, 5) is 17.0. The van der Waals surface area contributed by atoms with E-state index in [9.17, 15) is 13.2 Å². The van der Waals surface area contributed by atoms with Crippen LogP contribution >= 0.6 is 0 Å². The minimum absolute atomic E-state index is 0.185. The van der Waals surface area contributed by atoms with Crippen molar-refractivity contribution in [1.29, 1.82) is 0 Å². The summed E-state index contributed by atoms with van der Waals surface area (Å²) in [5, 5.41) is 0. The quantitative estimate of drug-likeness (QED) is 0.705. The number of hydroxylamine groups is 1. The molecule has 1 unspecified atom stereocenters. The van der Waals surface area contributed by atoms with Crippen LogP contribution in [0.25, 0.3) is 0 Å². The Labute approximate surface area is 109 Å². The minimum atomic E-state index is -3.43. The van der Waals surface area contributed by atoms with Crippen LogP contribution in [-0.4, -0.2) is 32.2 Å². The van der Waals surface area contributed by atoms with Gasteiger partial charge in [0.15, 0.2) is 0 Å². The molecule has 6 nitrogen and oxygen atoms in total. The molecule has 0 fully saturated rings. The van der Waals surface area contributed by atoms with E-state index in [0.29, 0.717) is 6.42 Å². The lowest BCUT2D eigenvalue weighted by Crippen LogP contribution is -2.48. The number of nitrogens with one attached hydrogen (secondary N) is 2. The molecule has 0 spiro atoms. The van der Waals surface area contributed by atoms with Crippen LogP contribution in [0.2, 0.25) is 0 Å². The zero-order valence-corrected chi connectivity index (χ0v) is 12.7. The van der Waals surface area contributed by atoms with E-state index in [1.165, 1.54) is 0 Å². The van der Waals surface area contributed by atoms with E-state index >= 15 is 0 Å². The highest BCUT2D eigenvalue weighted by molar-refractivity contribution is 7.88. The van der Waals surface area contributed by atoms with Gasteiger partial charge in [-0.2, -0.15) is 0 Å². The molecule has 18 heavy (non-hydrogen) atoms. The monoisotopic (exact) mass is 280 g/mol. The topological polar surface area (TPSA) is 84.5 Å². The van der Waals surface area contributed by atoms with Gasteiger partial charge < -0.3 is 0 Å². The Morgan fingerprint density at radius 1 is 1.28 bits per heavy atom. The van der Waals surface area contributed by atoms with Gasteiger partial charge in [0.2, 0.25) is 10.0 Å². The van der Waals surface area contributed by atoms with Gasteiger partial charge in [-0.15, -0.1) is 0 Å². The Bertz CT molecular complexity index is 371. The molecule has 108 valence electrons. The molecular formula is C11H24N2O4S. The van der Waals surface area contributed by atoms with Gasteiger partial charge in [-0.1, -0.05) is 13.8 Å². The Morgan fingerprint density at radius 3 is 2.11 bits per heavy atom. The van der Waals surface area contributed by atoms with Crippen LogP contribution in [0, 0.1) is 5.92 Å². The number of carbonyl (C=O) groups is 1. The Balaban J connectivity index is 4.60. The van der Waals surface area contributed by atoms with Gasteiger partial charge in [-0.3, -0.25) is 9.63 Å². The molecule has 0 rings (SSSR count). The summed E-state index contributed by atoms with van der Waals surface area (Å²) in [6, 6.07) is -0.817. The van der Waals surface area contributed by atoms with Gasteiger partial charge in [0, 0.05) is 0 Å². The zero-order valence-electron chi connectivity index (χ0n) is 11.9. The highest BCUT2D eigenvalue weighted by Gasteiger charge is 2.24. The summed E-state index contributed by atoms with van der Waals surface area (Å²) in [7, 11) is -3.43. The van der Waals surface area contributed by atoms with E-state index in [2.05, 4.69) is 10.2 Å². The first-order chi connectivity index (χ1) is 7.91. The van der Waals surface area contributed by atoms with E-state index < -0.39 is 27.6 Å². The molecule has 0 aliphatic carbocycles. The van der Waals surface area contributed by atoms with Crippen molar-refractivity contribution in [3.8, 4) is 0 Å². The van der Waals surface area contributed by atoms with Crippen LogP contribution < -0.4 is 10.2 Å². The van der Waals surface area contributed by atoms with Crippen LogP contribution in [-0.2, 0) is 19.7 Å². The third kappa shape index (κ3) is 9.38. The average molecular weight is 280 g/mol. The smallest absolute Gasteiger partial charge is 0.261 e. The second-order valence-electron chi connectivity index (χ2n) is 5.75. The van der Waals surface area contributed by atoms with E-state index in [1.807, 2.05) is 13.8 Å². The van der Waals surface area contributed by atoms with E-state index in [0.717, 1.165) is 6.26 Å². The molecule has 1 atom stereocenters. The van der Waals surface area contributed by atoms with Crippen LogP contribution in [0.4, 0.5) is 0 Å². The maximum absolute atomic E-state index is 11.8. The number of carbonyl (C=O) groups excluding carboxylic acids is 1. The van der Waals surface area contributed by atoms with Crippen LogP contribution in [0.15, 0.2) is 0 Å². The molecule has 1 amide bonds. The summed E-state index contributed by atoms with van der Waals surface area (Å²) < 4.78 is 24.7. The predicted octanol–water partition coefficient (Wildman–Crippen LogP) is 0.797. The molecular weight excluding hydrogens is 256 g/mol. The highest BCUT2D eigenvalue weighted by atomic mass is 32.2. The number of hydrogen-bond acceptors (Lipinski definition) is 4. The number of amides is 1. The first-order valence-electron chi connectivity index (χ1n) is 5.86. The lowest BCUT2D eigenvalue weighted by molar-refractivity contribution is -0.147. The summed E-state index contributed by atoms with van der Waals surface area (Å²) >= 11 is 0. The van der Waals surface area contributed by atoms with Crippen LogP contribution in [0.5, 0.6) is 0 Å². The first-order valence-corrected chi connectivity index (χ1v) is 7.75. The van der Waals surface area contributed by atoms with Gasteiger partial charge in [0.1, 0.15) is 6.04 Å². The molecule has 7 heteroatoms. The van der Waals surface area contributed by atoms with Crippen LogP contribution in [0.1, 0.15) is 41.0 Å². The second-order valence-corrected chi connectivity index (χ2v) is 7.53. The van der Waals surface area contributed by atoms with Crippen molar-refractivity contribution in [2.75, 3.05) is 6.26 Å².